The molecule has 0 aliphatic rings. The summed E-state index contributed by atoms with van der Waals surface area (Å²) in [6, 6.07) is 8.61. The average Bonchev–Trinajstić information content (AvgIpc) is 3.25. The number of hydrogen-bond acceptors (Lipinski definition) is 4. The van der Waals surface area contributed by atoms with Crippen molar-refractivity contribution in [2.24, 2.45) is 0 Å². The third kappa shape index (κ3) is 3.64. The molecule has 2 aromatic heterocycles. The maximum Gasteiger partial charge on any atom is 0.354 e. The van der Waals surface area contributed by atoms with Crippen LogP contribution in [0.4, 0.5) is 5.69 Å². The van der Waals surface area contributed by atoms with Crippen molar-refractivity contribution in [1.29, 1.82) is 0 Å². The topological polar surface area (TPSA) is 102 Å². The molecule has 8 nitrogen and oxygen atoms in total. The monoisotopic (exact) mass is 353 g/mol. The zero-order valence-electron chi connectivity index (χ0n) is 14.5. The standard InChI is InChI=1S/C18H19N5O3/c1-12-5-3-4-6-14(12)10-22-11-15(9-20-22)21-17(24)13(2)23-16(18(25)26)7-8-19-23/h3-9,11,13H,10H2,1-2H3,(H,21,24)(H,25,26). The molecule has 0 radical (unpaired) electrons. The summed E-state index contributed by atoms with van der Waals surface area (Å²) in [5.74, 6) is -1.50. The Kier molecular flexibility index (Phi) is 4.83. The van der Waals surface area contributed by atoms with E-state index in [-0.39, 0.29) is 11.6 Å². The highest BCUT2D eigenvalue weighted by atomic mass is 16.4. The van der Waals surface area contributed by atoms with Gasteiger partial charge in [0.25, 0.3) is 0 Å². The minimum absolute atomic E-state index is 0.0390. The van der Waals surface area contributed by atoms with E-state index < -0.39 is 12.0 Å². The molecule has 1 amide bonds. The van der Waals surface area contributed by atoms with Crippen molar-refractivity contribution in [1.82, 2.24) is 19.6 Å². The third-order valence-electron chi connectivity index (χ3n) is 4.13. The number of carbonyl (C=O) groups excluding carboxylic acids is 1. The van der Waals surface area contributed by atoms with Crippen LogP contribution in [0.25, 0.3) is 0 Å². The van der Waals surface area contributed by atoms with Gasteiger partial charge < -0.3 is 10.4 Å². The van der Waals surface area contributed by atoms with Gasteiger partial charge in [-0.2, -0.15) is 10.2 Å². The maximum atomic E-state index is 12.4. The number of carbonyl (C=O) groups is 2. The summed E-state index contributed by atoms with van der Waals surface area (Å²) in [7, 11) is 0. The zero-order valence-corrected chi connectivity index (χ0v) is 14.5. The van der Waals surface area contributed by atoms with Crippen LogP contribution in [0.1, 0.15) is 34.6 Å². The smallest absolute Gasteiger partial charge is 0.354 e. The number of rotatable bonds is 6. The minimum atomic E-state index is -1.13. The largest absolute Gasteiger partial charge is 0.477 e. The Balaban J connectivity index is 1.68. The Bertz CT molecular complexity index is 944. The molecule has 2 heterocycles. The molecular weight excluding hydrogens is 334 g/mol. The Morgan fingerprint density at radius 1 is 1.23 bits per heavy atom. The number of carboxylic acids is 1. The normalized spacial score (nSPS) is 11.9. The molecule has 3 aromatic rings. The molecule has 0 aliphatic carbocycles. The number of nitrogens with zero attached hydrogens (tertiary/aromatic N) is 4. The van der Waals surface area contributed by atoms with Gasteiger partial charge in [-0.25, -0.2) is 9.48 Å². The summed E-state index contributed by atoms with van der Waals surface area (Å²) in [5, 5.41) is 20.1. The molecule has 26 heavy (non-hydrogen) atoms. The molecule has 0 fully saturated rings. The summed E-state index contributed by atoms with van der Waals surface area (Å²) in [6.45, 7) is 4.22. The fourth-order valence-corrected chi connectivity index (χ4v) is 2.63. The van der Waals surface area contributed by atoms with E-state index in [1.54, 1.807) is 24.0 Å². The molecule has 0 spiro atoms. The molecule has 2 N–H and O–H groups in total. The first-order chi connectivity index (χ1) is 12.5. The Morgan fingerprint density at radius 2 is 2.00 bits per heavy atom. The van der Waals surface area contributed by atoms with Crippen molar-refractivity contribution in [3.63, 3.8) is 0 Å². The van der Waals surface area contributed by atoms with Crippen molar-refractivity contribution in [3.8, 4) is 0 Å². The first kappa shape index (κ1) is 17.4. The summed E-state index contributed by atoms with van der Waals surface area (Å²) < 4.78 is 2.91. The number of aromatic nitrogens is 4. The van der Waals surface area contributed by atoms with Crippen LogP contribution in [0.5, 0.6) is 0 Å². The van der Waals surface area contributed by atoms with Crippen LogP contribution in [-0.2, 0) is 11.3 Å². The highest BCUT2D eigenvalue weighted by Gasteiger charge is 2.21. The molecule has 0 bridgehead atoms. The van der Waals surface area contributed by atoms with Crippen molar-refractivity contribution < 1.29 is 14.7 Å². The number of nitrogens with one attached hydrogen (secondary N) is 1. The van der Waals surface area contributed by atoms with Crippen molar-refractivity contribution >= 4 is 17.6 Å². The van der Waals surface area contributed by atoms with Crippen LogP contribution in [0.2, 0.25) is 0 Å². The molecular formula is C18H19N5O3. The van der Waals surface area contributed by atoms with Gasteiger partial charge in [-0.3, -0.25) is 9.48 Å². The third-order valence-corrected chi connectivity index (χ3v) is 4.13. The van der Waals surface area contributed by atoms with E-state index in [4.69, 9.17) is 5.11 Å². The van der Waals surface area contributed by atoms with Gasteiger partial charge in [0.2, 0.25) is 5.91 Å². The van der Waals surface area contributed by atoms with Crippen LogP contribution in [0.15, 0.2) is 48.9 Å². The van der Waals surface area contributed by atoms with Gasteiger partial charge in [-0.05, 0) is 31.0 Å². The highest BCUT2D eigenvalue weighted by Crippen LogP contribution is 2.15. The number of carboxylic acid groups (broad SMARTS) is 1. The predicted octanol–water partition coefficient (Wildman–Crippen LogP) is 2.33. The van der Waals surface area contributed by atoms with E-state index in [0.717, 1.165) is 5.56 Å². The lowest BCUT2D eigenvalue weighted by Gasteiger charge is -2.13. The van der Waals surface area contributed by atoms with E-state index >= 15 is 0 Å². The molecule has 0 saturated carbocycles. The van der Waals surface area contributed by atoms with E-state index in [2.05, 4.69) is 15.5 Å². The molecule has 0 saturated heterocycles. The van der Waals surface area contributed by atoms with E-state index in [0.29, 0.717) is 12.2 Å². The first-order valence-corrected chi connectivity index (χ1v) is 8.10. The predicted molar refractivity (Wildman–Crippen MR) is 95.0 cm³/mol. The van der Waals surface area contributed by atoms with Crippen LogP contribution < -0.4 is 5.32 Å². The lowest BCUT2D eigenvalue weighted by molar-refractivity contribution is -0.119. The molecule has 1 atom stereocenters. The highest BCUT2D eigenvalue weighted by molar-refractivity contribution is 5.94. The van der Waals surface area contributed by atoms with Gasteiger partial charge in [0, 0.05) is 12.4 Å². The number of anilines is 1. The van der Waals surface area contributed by atoms with Crippen molar-refractivity contribution in [3.05, 3.63) is 65.7 Å². The Hall–Kier alpha value is -3.42. The number of aryl methyl sites for hydroxylation is 1. The SMILES string of the molecule is Cc1ccccc1Cn1cc(NC(=O)C(C)n2nccc2C(=O)O)cn1. The van der Waals surface area contributed by atoms with Crippen LogP contribution in [0.3, 0.4) is 0 Å². The first-order valence-electron chi connectivity index (χ1n) is 8.10. The van der Waals surface area contributed by atoms with E-state index in [1.165, 1.54) is 22.5 Å². The molecule has 3 rings (SSSR count). The number of hydrogen-bond donors (Lipinski definition) is 2. The zero-order chi connectivity index (χ0) is 18.7. The molecule has 0 aliphatic heterocycles. The quantitative estimate of drug-likeness (QED) is 0.708. The van der Waals surface area contributed by atoms with Crippen LogP contribution >= 0.6 is 0 Å². The molecule has 1 unspecified atom stereocenters. The fourth-order valence-electron chi connectivity index (χ4n) is 2.63. The summed E-state index contributed by atoms with van der Waals surface area (Å²) in [6.07, 6.45) is 4.65. The fraction of sp³-hybridized carbons (Fsp3) is 0.222. The van der Waals surface area contributed by atoms with Gasteiger partial charge >= 0.3 is 5.97 Å². The summed E-state index contributed by atoms with van der Waals surface area (Å²) >= 11 is 0. The van der Waals surface area contributed by atoms with E-state index in [9.17, 15) is 9.59 Å². The Morgan fingerprint density at radius 3 is 2.73 bits per heavy atom. The maximum absolute atomic E-state index is 12.4. The second kappa shape index (κ2) is 7.22. The minimum Gasteiger partial charge on any atom is -0.477 e. The van der Waals surface area contributed by atoms with Gasteiger partial charge in [0.05, 0.1) is 18.4 Å². The lowest BCUT2D eigenvalue weighted by atomic mass is 10.1. The van der Waals surface area contributed by atoms with Crippen molar-refractivity contribution in [2.75, 3.05) is 5.32 Å². The van der Waals surface area contributed by atoms with Gasteiger partial charge in [0.1, 0.15) is 11.7 Å². The molecule has 1 aromatic carbocycles. The number of benzene rings is 1. The van der Waals surface area contributed by atoms with Crippen molar-refractivity contribution in [2.45, 2.75) is 26.4 Å². The van der Waals surface area contributed by atoms with E-state index in [1.807, 2.05) is 31.2 Å². The van der Waals surface area contributed by atoms with Gasteiger partial charge in [-0.15, -0.1) is 0 Å². The number of aromatic carboxylic acids is 1. The Labute approximate surface area is 150 Å². The summed E-state index contributed by atoms with van der Waals surface area (Å²) in [4.78, 5) is 23.6. The average molecular weight is 353 g/mol. The molecule has 134 valence electrons. The second-order valence-corrected chi connectivity index (χ2v) is 5.98. The molecule has 8 heteroatoms. The lowest BCUT2D eigenvalue weighted by Crippen LogP contribution is -2.26. The summed E-state index contributed by atoms with van der Waals surface area (Å²) in [5.41, 5.74) is 2.81. The van der Waals surface area contributed by atoms with Gasteiger partial charge in [0.15, 0.2) is 0 Å². The van der Waals surface area contributed by atoms with Crippen LogP contribution in [-0.4, -0.2) is 36.5 Å². The van der Waals surface area contributed by atoms with Crippen LogP contribution in [0, 0.1) is 6.92 Å². The van der Waals surface area contributed by atoms with Gasteiger partial charge in [-0.1, -0.05) is 24.3 Å². The second-order valence-electron chi connectivity index (χ2n) is 5.98. The number of amides is 1.